The summed E-state index contributed by atoms with van der Waals surface area (Å²) in [7, 11) is -2.88. The molecule has 0 aliphatic heterocycles. The van der Waals surface area contributed by atoms with E-state index in [2.05, 4.69) is 17.4 Å². The Balaban J connectivity index is 1.94. The summed E-state index contributed by atoms with van der Waals surface area (Å²) >= 11 is 0. The van der Waals surface area contributed by atoms with Gasteiger partial charge in [0, 0.05) is 17.8 Å². The maximum atomic E-state index is 11.7. The number of nitrogens with one attached hydrogen (secondary N) is 1. The first-order valence-electron chi connectivity index (χ1n) is 7.09. The lowest BCUT2D eigenvalue weighted by Gasteiger charge is -2.43. The van der Waals surface area contributed by atoms with Crippen LogP contribution in [0.1, 0.15) is 38.2 Å². The summed E-state index contributed by atoms with van der Waals surface area (Å²) < 4.78 is 23.4. The zero-order valence-electron chi connectivity index (χ0n) is 11.6. The van der Waals surface area contributed by atoms with Gasteiger partial charge in [0.2, 0.25) is 0 Å². The summed E-state index contributed by atoms with van der Waals surface area (Å²) in [4.78, 5) is 0. The zero-order valence-corrected chi connectivity index (χ0v) is 12.4. The van der Waals surface area contributed by atoms with Crippen molar-refractivity contribution in [2.24, 2.45) is 0 Å². The number of hydrogen-bond acceptors (Lipinski definition) is 3. The Morgan fingerprint density at radius 1 is 1.16 bits per heavy atom. The van der Waals surface area contributed by atoms with Gasteiger partial charge < -0.3 is 5.32 Å². The predicted octanol–water partition coefficient (Wildman–Crippen LogP) is 2.48. The quantitative estimate of drug-likeness (QED) is 0.835. The number of rotatable bonds is 7. The van der Waals surface area contributed by atoms with Crippen LogP contribution in [-0.2, 0) is 15.4 Å². The predicted molar refractivity (Wildman–Crippen MR) is 78.9 cm³/mol. The van der Waals surface area contributed by atoms with Gasteiger partial charge in [-0.1, -0.05) is 37.3 Å². The molecule has 1 fully saturated rings. The molecule has 0 heterocycles. The minimum atomic E-state index is -2.88. The SMILES string of the molecule is CCCS(=O)(=O)CCNC1(c2ccccc2)CCC1. The third kappa shape index (κ3) is 3.57. The van der Waals surface area contributed by atoms with E-state index in [4.69, 9.17) is 0 Å². The molecule has 1 saturated carbocycles. The van der Waals surface area contributed by atoms with Crippen molar-refractivity contribution in [1.29, 1.82) is 0 Å². The lowest BCUT2D eigenvalue weighted by molar-refractivity contribution is 0.190. The second kappa shape index (κ2) is 6.06. The molecule has 1 aliphatic carbocycles. The second-order valence-electron chi connectivity index (χ2n) is 5.38. The third-order valence-electron chi connectivity index (χ3n) is 3.93. The van der Waals surface area contributed by atoms with Crippen molar-refractivity contribution in [3.05, 3.63) is 35.9 Å². The fourth-order valence-electron chi connectivity index (χ4n) is 2.71. The van der Waals surface area contributed by atoms with Gasteiger partial charge in [-0.15, -0.1) is 0 Å². The van der Waals surface area contributed by atoms with E-state index < -0.39 is 9.84 Å². The van der Waals surface area contributed by atoms with Crippen molar-refractivity contribution in [1.82, 2.24) is 5.32 Å². The van der Waals surface area contributed by atoms with Crippen LogP contribution < -0.4 is 5.32 Å². The molecule has 0 atom stereocenters. The van der Waals surface area contributed by atoms with Gasteiger partial charge in [0.15, 0.2) is 9.84 Å². The van der Waals surface area contributed by atoms with Crippen LogP contribution >= 0.6 is 0 Å². The summed E-state index contributed by atoms with van der Waals surface area (Å²) in [6.45, 7) is 2.46. The van der Waals surface area contributed by atoms with E-state index in [0.29, 0.717) is 18.7 Å². The van der Waals surface area contributed by atoms with Crippen molar-refractivity contribution in [3.8, 4) is 0 Å². The van der Waals surface area contributed by atoms with Gasteiger partial charge in [0.05, 0.1) is 5.75 Å². The molecular formula is C15H23NO2S. The molecule has 1 aliphatic rings. The van der Waals surface area contributed by atoms with Crippen molar-refractivity contribution in [2.45, 2.75) is 38.1 Å². The Morgan fingerprint density at radius 2 is 1.84 bits per heavy atom. The number of benzene rings is 1. The monoisotopic (exact) mass is 281 g/mol. The van der Waals surface area contributed by atoms with Crippen LogP contribution in [0.5, 0.6) is 0 Å². The number of sulfone groups is 1. The molecule has 19 heavy (non-hydrogen) atoms. The largest absolute Gasteiger partial charge is 0.306 e. The van der Waals surface area contributed by atoms with Gasteiger partial charge in [0.25, 0.3) is 0 Å². The maximum Gasteiger partial charge on any atom is 0.151 e. The van der Waals surface area contributed by atoms with Gasteiger partial charge in [-0.05, 0) is 31.2 Å². The smallest absolute Gasteiger partial charge is 0.151 e. The number of hydrogen-bond donors (Lipinski definition) is 1. The van der Waals surface area contributed by atoms with Gasteiger partial charge in [-0.3, -0.25) is 0 Å². The molecular weight excluding hydrogens is 258 g/mol. The molecule has 2 rings (SSSR count). The normalized spacial score (nSPS) is 17.9. The second-order valence-corrected chi connectivity index (χ2v) is 7.68. The van der Waals surface area contributed by atoms with E-state index >= 15 is 0 Å². The molecule has 4 heteroatoms. The molecule has 1 N–H and O–H groups in total. The van der Waals surface area contributed by atoms with Gasteiger partial charge in [0.1, 0.15) is 0 Å². The van der Waals surface area contributed by atoms with Crippen molar-refractivity contribution in [3.63, 3.8) is 0 Å². The van der Waals surface area contributed by atoms with E-state index in [1.54, 1.807) is 0 Å². The first kappa shape index (κ1) is 14.5. The molecule has 0 unspecified atom stereocenters. The molecule has 106 valence electrons. The van der Waals surface area contributed by atoms with E-state index in [-0.39, 0.29) is 11.3 Å². The van der Waals surface area contributed by atoms with Crippen LogP contribution in [0.4, 0.5) is 0 Å². The highest BCUT2D eigenvalue weighted by molar-refractivity contribution is 7.91. The average Bonchev–Trinajstić information content (AvgIpc) is 2.33. The van der Waals surface area contributed by atoms with Crippen LogP contribution in [-0.4, -0.2) is 26.5 Å². The standard InChI is InChI=1S/C15H23NO2S/c1-2-12-19(17,18)13-11-16-15(9-6-10-15)14-7-4-3-5-8-14/h3-5,7-8,16H,2,6,9-13H2,1H3. The molecule has 1 aromatic carbocycles. The summed E-state index contributed by atoms with van der Waals surface area (Å²) in [5.74, 6) is 0.544. The zero-order chi connectivity index (χ0) is 13.8. The average molecular weight is 281 g/mol. The summed E-state index contributed by atoms with van der Waals surface area (Å²) in [5, 5.41) is 3.48. The highest BCUT2D eigenvalue weighted by Gasteiger charge is 2.37. The van der Waals surface area contributed by atoms with E-state index in [1.165, 1.54) is 12.0 Å². The van der Waals surface area contributed by atoms with Crippen LogP contribution in [0.2, 0.25) is 0 Å². The molecule has 0 radical (unpaired) electrons. The maximum absolute atomic E-state index is 11.7. The minimum Gasteiger partial charge on any atom is -0.306 e. The van der Waals surface area contributed by atoms with Crippen molar-refractivity contribution in [2.75, 3.05) is 18.1 Å². The highest BCUT2D eigenvalue weighted by Crippen LogP contribution is 2.40. The van der Waals surface area contributed by atoms with Gasteiger partial charge >= 0.3 is 0 Å². The first-order valence-corrected chi connectivity index (χ1v) is 8.91. The molecule has 1 aromatic rings. The van der Waals surface area contributed by atoms with E-state index in [1.807, 2.05) is 25.1 Å². The summed E-state index contributed by atoms with van der Waals surface area (Å²) in [5.41, 5.74) is 1.30. The lowest BCUT2D eigenvalue weighted by Crippen LogP contribution is -2.49. The van der Waals surface area contributed by atoms with Crippen LogP contribution in [0.15, 0.2) is 30.3 Å². The van der Waals surface area contributed by atoms with E-state index in [0.717, 1.165) is 12.8 Å². The molecule has 3 nitrogen and oxygen atoms in total. The Bertz CT molecular complexity index is 492. The Hall–Kier alpha value is -0.870. The molecule has 0 aromatic heterocycles. The summed E-state index contributed by atoms with van der Waals surface area (Å²) in [6, 6.07) is 10.4. The fourth-order valence-corrected chi connectivity index (χ4v) is 3.95. The third-order valence-corrected chi connectivity index (χ3v) is 5.78. The van der Waals surface area contributed by atoms with Gasteiger partial charge in [-0.2, -0.15) is 0 Å². The lowest BCUT2D eigenvalue weighted by atomic mass is 9.72. The van der Waals surface area contributed by atoms with Crippen LogP contribution in [0.3, 0.4) is 0 Å². The van der Waals surface area contributed by atoms with Crippen LogP contribution in [0.25, 0.3) is 0 Å². The molecule has 0 saturated heterocycles. The summed E-state index contributed by atoms with van der Waals surface area (Å²) in [6.07, 6.45) is 4.12. The van der Waals surface area contributed by atoms with Crippen molar-refractivity contribution < 1.29 is 8.42 Å². The highest BCUT2D eigenvalue weighted by atomic mass is 32.2. The van der Waals surface area contributed by atoms with Crippen LogP contribution in [0, 0.1) is 0 Å². The van der Waals surface area contributed by atoms with Gasteiger partial charge in [-0.25, -0.2) is 8.42 Å². The minimum absolute atomic E-state index is 0.0169. The molecule has 0 amide bonds. The molecule has 0 spiro atoms. The Labute approximate surface area is 116 Å². The van der Waals surface area contributed by atoms with E-state index in [9.17, 15) is 8.42 Å². The topological polar surface area (TPSA) is 46.2 Å². The molecule has 0 bridgehead atoms. The van der Waals surface area contributed by atoms with Crippen molar-refractivity contribution >= 4 is 9.84 Å². The fraction of sp³-hybridized carbons (Fsp3) is 0.600. The Morgan fingerprint density at radius 3 is 2.37 bits per heavy atom. The Kier molecular flexibility index (Phi) is 4.63. The first-order chi connectivity index (χ1) is 9.08.